The third-order valence-electron chi connectivity index (χ3n) is 5.40. The fourth-order valence-electron chi connectivity index (χ4n) is 3.69. The Morgan fingerprint density at radius 2 is 1.90 bits per heavy atom. The highest BCUT2D eigenvalue weighted by molar-refractivity contribution is 7.07. The van der Waals surface area contributed by atoms with Crippen molar-refractivity contribution in [2.45, 2.75) is 12.8 Å². The number of piperazine rings is 1. The number of nitrogens with zero attached hydrogens (tertiary/aromatic N) is 7. The van der Waals surface area contributed by atoms with Gasteiger partial charge in [-0.15, -0.1) is 0 Å². The quantitative estimate of drug-likeness (QED) is 0.509. The number of imidazole rings is 1. The Morgan fingerprint density at radius 3 is 2.72 bits per heavy atom. The average Bonchev–Trinajstić information content (AvgIpc) is 3.43. The number of fused-ring (bicyclic) bond motifs is 1. The van der Waals surface area contributed by atoms with Crippen LogP contribution in [0.4, 0.5) is 5.82 Å². The van der Waals surface area contributed by atoms with Crippen molar-refractivity contribution in [1.29, 1.82) is 0 Å². The lowest BCUT2D eigenvalue weighted by atomic mass is 10.2. The summed E-state index contributed by atoms with van der Waals surface area (Å²) in [5.41, 5.74) is 4.08. The predicted molar refractivity (Wildman–Crippen MR) is 115 cm³/mol. The van der Waals surface area contributed by atoms with Crippen molar-refractivity contribution in [2.75, 3.05) is 38.1 Å². The normalized spacial score (nSPS) is 15.3. The van der Waals surface area contributed by atoms with Gasteiger partial charge in [0.05, 0.1) is 17.6 Å². The van der Waals surface area contributed by atoms with Gasteiger partial charge in [-0.1, -0.05) is 0 Å². The highest BCUT2D eigenvalue weighted by atomic mass is 32.1. The van der Waals surface area contributed by atoms with Crippen LogP contribution < -0.4 is 4.90 Å². The molecule has 0 amide bonds. The van der Waals surface area contributed by atoms with E-state index in [4.69, 9.17) is 9.97 Å². The van der Waals surface area contributed by atoms with Gasteiger partial charge in [-0.25, -0.2) is 19.9 Å². The van der Waals surface area contributed by atoms with Crippen LogP contribution in [0.5, 0.6) is 0 Å². The molecular weight excluding hydrogens is 382 g/mol. The van der Waals surface area contributed by atoms with E-state index in [1.54, 1.807) is 11.3 Å². The van der Waals surface area contributed by atoms with E-state index in [2.05, 4.69) is 48.0 Å². The van der Waals surface area contributed by atoms with Gasteiger partial charge >= 0.3 is 0 Å². The van der Waals surface area contributed by atoms with E-state index >= 15 is 0 Å². The summed E-state index contributed by atoms with van der Waals surface area (Å²) in [5, 5.41) is 4.29. The van der Waals surface area contributed by atoms with Gasteiger partial charge < -0.3 is 9.80 Å². The van der Waals surface area contributed by atoms with Gasteiger partial charge in [-0.3, -0.25) is 4.40 Å². The fraction of sp³-hybridized carbons (Fsp3) is 0.333. The number of aromatic nitrogens is 5. The van der Waals surface area contributed by atoms with Gasteiger partial charge in [-0.05, 0) is 41.9 Å². The van der Waals surface area contributed by atoms with Gasteiger partial charge in [0.2, 0.25) is 0 Å². The molecule has 0 N–H and O–H groups in total. The third-order valence-corrected chi connectivity index (χ3v) is 6.13. The van der Waals surface area contributed by atoms with Crippen LogP contribution >= 0.6 is 11.3 Å². The summed E-state index contributed by atoms with van der Waals surface area (Å²) >= 11 is 1.73. The van der Waals surface area contributed by atoms with Crippen molar-refractivity contribution < 1.29 is 0 Å². The van der Waals surface area contributed by atoms with E-state index in [9.17, 15) is 0 Å². The first-order chi connectivity index (χ1) is 14.3. The Labute approximate surface area is 173 Å². The maximum absolute atomic E-state index is 4.81. The van der Waals surface area contributed by atoms with Gasteiger partial charge in [0, 0.05) is 51.2 Å². The lowest BCUT2D eigenvalue weighted by Gasteiger charge is -2.33. The lowest BCUT2D eigenvalue weighted by Crippen LogP contribution is -2.45. The molecule has 0 saturated carbocycles. The Morgan fingerprint density at radius 1 is 1.00 bits per heavy atom. The molecule has 1 saturated heterocycles. The SMILES string of the molecule is CN1CCN(c2nccn3c(-c4ccnc(CCc5ccsc5)n4)cnc23)CC1. The maximum atomic E-state index is 4.81. The molecule has 7 nitrogen and oxygen atoms in total. The Hall–Kier alpha value is -2.84. The topological polar surface area (TPSA) is 62.5 Å². The maximum Gasteiger partial charge on any atom is 0.180 e. The van der Waals surface area contributed by atoms with Crippen molar-refractivity contribution in [3.63, 3.8) is 0 Å². The minimum absolute atomic E-state index is 0.829. The van der Waals surface area contributed by atoms with Gasteiger partial charge in [0.25, 0.3) is 0 Å². The second-order valence-corrected chi connectivity index (χ2v) is 8.15. The van der Waals surface area contributed by atoms with Crippen molar-refractivity contribution in [3.05, 3.63) is 59.1 Å². The van der Waals surface area contributed by atoms with E-state index < -0.39 is 0 Å². The van der Waals surface area contributed by atoms with Gasteiger partial charge in [-0.2, -0.15) is 11.3 Å². The number of hydrogen-bond donors (Lipinski definition) is 0. The molecule has 29 heavy (non-hydrogen) atoms. The van der Waals surface area contributed by atoms with Crippen LogP contribution in [0, 0.1) is 0 Å². The summed E-state index contributed by atoms with van der Waals surface area (Å²) in [6, 6.07) is 4.11. The fourth-order valence-corrected chi connectivity index (χ4v) is 4.39. The zero-order chi connectivity index (χ0) is 19.6. The monoisotopic (exact) mass is 405 g/mol. The summed E-state index contributed by atoms with van der Waals surface area (Å²) in [5.74, 6) is 1.80. The van der Waals surface area contributed by atoms with Crippen LogP contribution in [-0.4, -0.2) is 62.5 Å². The molecule has 0 unspecified atom stereocenters. The molecule has 4 aromatic heterocycles. The standard InChI is InChI=1S/C21H23N7S/c1-26-9-11-27(12-10-26)20-21-24-14-18(28(21)8-7-23-20)17-4-6-22-19(25-17)3-2-16-5-13-29-15-16/h4-8,13-15H,2-3,9-12H2,1H3. The van der Waals surface area contributed by atoms with Crippen molar-refractivity contribution in [3.8, 4) is 11.4 Å². The number of likely N-dealkylation sites (N-methyl/N-ethyl adjacent to an activating group) is 1. The van der Waals surface area contributed by atoms with Crippen LogP contribution in [-0.2, 0) is 12.8 Å². The molecule has 0 radical (unpaired) electrons. The van der Waals surface area contributed by atoms with Crippen molar-refractivity contribution in [1.82, 2.24) is 29.2 Å². The molecule has 0 atom stereocenters. The number of aryl methyl sites for hydroxylation is 2. The summed E-state index contributed by atoms with van der Waals surface area (Å²) < 4.78 is 2.09. The zero-order valence-electron chi connectivity index (χ0n) is 16.4. The first-order valence-electron chi connectivity index (χ1n) is 9.87. The summed E-state index contributed by atoms with van der Waals surface area (Å²) in [6.45, 7) is 4.00. The third kappa shape index (κ3) is 3.73. The predicted octanol–water partition coefficient (Wildman–Crippen LogP) is 2.78. The second kappa shape index (κ2) is 7.88. The molecule has 5 heterocycles. The molecule has 0 spiro atoms. The molecule has 0 bridgehead atoms. The van der Waals surface area contributed by atoms with Gasteiger partial charge in [0.1, 0.15) is 5.82 Å². The first kappa shape index (κ1) is 18.2. The summed E-state index contributed by atoms with van der Waals surface area (Å²) in [7, 11) is 2.16. The summed E-state index contributed by atoms with van der Waals surface area (Å²) in [6.07, 6.45) is 9.33. The molecule has 1 fully saturated rings. The molecule has 1 aliphatic rings. The number of hydrogen-bond acceptors (Lipinski definition) is 7. The average molecular weight is 406 g/mol. The number of thiophene rings is 1. The minimum atomic E-state index is 0.829. The second-order valence-electron chi connectivity index (χ2n) is 7.37. The van der Waals surface area contributed by atoms with Crippen molar-refractivity contribution in [2.24, 2.45) is 0 Å². The van der Waals surface area contributed by atoms with E-state index in [1.165, 1.54) is 5.56 Å². The van der Waals surface area contributed by atoms with Crippen LogP contribution in [0.1, 0.15) is 11.4 Å². The highest BCUT2D eigenvalue weighted by Crippen LogP contribution is 2.24. The molecule has 1 aliphatic heterocycles. The molecule has 0 aromatic carbocycles. The van der Waals surface area contributed by atoms with Crippen LogP contribution in [0.2, 0.25) is 0 Å². The smallest absolute Gasteiger partial charge is 0.180 e. The number of anilines is 1. The lowest BCUT2D eigenvalue weighted by molar-refractivity contribution is 0.312. The Balaban J connectivity index is 1.43. The van der Waals surface area contributed by atoms with Crippen molar-refractivity contribution >= 4 is 22.8 Å². The highest BCUT2D eigenvalue weighted by Gasteiger charge is 2.20. The van der Waals surface area contributed by atoms with Crippen LogP contribution in [0.15, 0.2) is 47.7 Å². The van der Waals surface area contributed by atoms with Crippen LogP contribution in [0.25, 0.3) is 17.0 Å². The molecule has 0 aliphatic carbocycles. The number of rotatable bonds is 5. The Kier molecular flexibility index (Phi) is 4.95. The zero-order valence-corrected chi connectivity index (χ0v) is 17.2. The molecule has 8 heteroatoms. The van der Waals surface area contributed by atoms with E-state index in [0.717, 1.165) is 67.7 Å². The van der Waals surface area contributed by atoms with E-state index in [1.807, 2.05) is 30.9 Å². The largest absolute Gasteiger partial charge is 0.351 e. The Bertz CT molecular complexity index is 1100. The van der Waals surface area contributed by atoms with E-state index in [0.29, 0.717) is 0 Å². The molecule has 5 rings (SSSR count). The van der Waals surface area contributed by atoms with Crippen LogP contribution in [0.3, 0.4) is 0 Å². The van der Waals surface area contributed by atoms with Gasteiger partial charge in [0.15, 0.2) is 11.5 Å². The minimum Gasteiger partial charge on any atom is -0.351 e. The summed E-state index contributed by atoms with van der Waals surface area (Å²) in [4.78, 5) is 23.3. The molecule has 4 aromatic rings. The molecular formula is C21H23N7S. The first-order valence-corrected chi connectivity index (χ1v) is 10.8. The molecule has 148 valence electrons. The van der Waals surface area contributed by atoms with E-state index in [-0.39, 0.29) is 0 Å².